The molecule has 4 heteroatoms. The standard InChI is InChI=1S/C21H29N3O/c1-16(13-17-7-4-5-9-20(17)25-3)23-15-19-10-12-24(2)21(19)18-8-6-11-22-14-18/h4-9,11,14,16,19,21,23H,10,12-13,15H2,1-3H3/t16-,19-,21-/m0/s1. The minimum absolute atomic E-state index is 0.414. The first-order valence-electron chi connectivity index (χ1n) is 9.14. The van der Waals surface area contributed by atoms with Crippen molar-refractivity contribution in [1.82, 2.24) is 15.2 Å². The molecule has 0 amide bonds. The summed E-state index contributed by atoms with van der Waals surface area (Å²) in [7, 11) is 3.96. The number of benzene rings is 1. The molecule has 2 heterocycles. The average Bonchev–Trinajstić information content (AvgIpc) is 3.02. The van der Waals surface area contributed by atoms with Gasteiger partial charge in [0.1, 0.15) is 5.75 Å². The number of rotatable bonds is 7. The van der Waals surface area contributed by atoms with Crippen LogP contribution in [0.1, 0.15) is 30.5 Å². The summed E-state index contributed by atoms with van der Waals surface area (Å²) in [4.78, 5) is 6.76. The van der Waals surface area contributed by atoms with Gasteiger partial charge in [0.25, 0.3) is 0 Å². The van der Waals surface area contributed by atoms with E-state index in [4.69, 9.17) is 4.74 Å². The lowest BCUT2D eigenvalue weighted by Crippen LogP contribution is -2.35. The zero-order valence-electron chi connectivity index (χ0n) is 15.5. The zero-order chi connectivity index (χ0) is 17.6. The summed E-state index contributed by atoms with van der Waals surface area (Å²) in [6, 6.07) is 13.4. The van der Waals surface area contributed by atoms with Crippen LogP contribution in [0.4, 0.5) is 0 Å². The van der Waals surface area contributed by atoms with Crippen LogP contribution in [-0.4, -0.2) is 43.2 Å². The molecule has 1 aromatic carbocycles. The van der Waals surface area contributed by atoms with Crippen LogP contribution in [0, 0.1) is 5.92 Å². The number of hydrogen-bond donors (Lipinski definition) is 1. The quantitative estimate of drug-likeness (QED) is 0.840. The Bertz CT molecular complexity index is 661. The Morgan fingerprint density at radius 3 is 2.88 bits per heavy atom. The number of likely N-dealkylation sites (tertiary alicyclic amines) is 1. The third-order valence-corrected chi connectivity index (χ3v) is 5.25. The van der Waals surface area contributed by atoms with Gasteiger partial charge in [-0.15, -0.1) is 0 Å². The van der Waals surface area contributed by atoms with E-state index in [1.807, 2.05) is 30.6 Å². The molecular formula is C21H29N3O. The van der Waals surface area contributed by atoms with Crippen LogP contribution < -0.4 is 10.1 Å². The fraction of sp³-hybridized carbons (Fsp3) is 0.476. The Kier molecular flexibility index (Phi) is 6.05. The fourth-order valence-corrected chi connectivity index (χ4v) is 3.94. The zero-order valence-corrected chi connectivity index (χ0v) is 15.5. The lowest BCUT2D eigenvalue weighted by Gasteiger charge is -2.26. The molecule has 4 nitrogen and oxygen atoms in total. The van der Waals surface area contributed by atoms with Crippen molar-refractivity contribution in [3.8, 4) is 5.75 Å². The first-order chi connectivity index (χ1) is 12.2. The summed E-state index contributed by atoms with van der Waals surface area (Å²) < 4.78 is 5.47. The number of ether oxygens (including phenoxy) is 1. The highest BCUT2D eigenvalue weighted by molar-refractivity contribution is 5.33. The Labute approximate surface area is 151 Å². The minimum atomic E-state index is 0.414. The number of para-hydroxylation sites is 1. The molecule has 0 spiro atoms. The van der Waals surface area contributed by atoms with Crippen LogP contribution in [0.5, 0.6) is 5.75 Å². The van der Waals surface area contributed by atoms with E-state index in [-0.39, 0.29) is 0 Å². The molecule has 0 bridgehead atoms. The van der Waals surface area contributed by atoms with Crippen LogP contribution >= 0.6 is 0 Å². The fourth-order valence-electron chi connectivity index (χ4n) is 3.94. The third kappa shape index (κ3) is 4.39. The van der Waals surface area contributed by atoms with E-state index in [1.54, 1.807) is 7.11 Å². The molecule has 0 unspecified atom stereocenters. The summed E-state index contributed by atoms with van der Waals surface area (Å²) in [6.45, 7) is 4.43. The van der Waals surface area contributed by atoms with Crippen molar-refractivity contribution in [1.29, 1.82) is 0 Å². The summed E-state index contributed by atoms with van der Waals surface area (Å²) >= 11 is 0. The van der Waals surface area contributed by atoms with Crippen LogP contribution in [0.2, 0.25) is 0 Å². The van der Waals surface area contributed by atoms with Crippen LogP contribution in [0.25, 0.3) is 0 Å². The van der Waals surface area contributed by atoms with Gasteiger partial charge in [-0.05, 0) is 62.5 Å². The Morgan fingerprint density at radius 1 is 1.28 bits per heavy atom. The summed E-state index contributed by atoms with van der Waals surface area (Å²) in [5, 5.41) is 3.74. The molecule has 1 aromatic heterocycles. The molecule has 1 fully saturated rings. The van der Waals surface area contributed by atoms with Crippen LogP contribution in [0.3, 0.4) is 0 Å². The van der Waals surface area contributed by atoms with E-state index in [2.05, 4.69) is 47.4 Å². The number of pyridine rings is 1. The molecule has 1 aliphatic rings. The number of methoxy groups -OCH3 is 1. The number of nitrogens with zero attached hydrogens (tertiary/aromatic N) is 2. The van der Waals surface area contributed by atoms with Gasteiger partial charge in [-0.2, -0.15) is 0 Å². The van der Waals surface area contributed by atoms with Crippen LogP contribution in [0.15, 0.2) is 48.8 Å². The average molecular weight is 339 g/mol. The summed E-state index contributed by atoms with van der Waals surface area (Å²) in [5.74, 6) is 1.60. The van der Waals surface area contributed by atoms with Crippen molar-refractivity contribution >= 4 is 0 Å². The second-order valence-electron chi connectivity index (χ2n) is 7.09. The van der Waals surface area contributed by atoms with E-state index in [9.17, 15) is 0 Å². The second kappa shape index (κ2) is 8.45. The van der Waals surface area contributed by atoms with Crippen LogP contribution in [-0.2, 0) is 6.42 Å². The van der Waals surface area contributed by atoms with Gasteiger partial charge in [0.05, 0.1) is 7.11 Å². The number of nitrogens with one attached hydrogen (secondary N) is 1. The molecule has 0 aliphatic carbocycles. The SMILES string of the molecule is COc1ccccc1C[C@H](C)NC[C@@H]1CCN(C)[C@H]1c1cccnc1. The molecule has 25 heavy (non-hydrogen) atoms. The van der Waals surface area contributed by atoms with E-state index in [0.29, 0.717) is 18.0 Å². The summed E-state index contributed by atoms with van der Waals surface area (Å²) in [5.41, 5.74) is 2.59. The van der Waals surface area contributed by atoms with Gasteiger partial charge in [0, 0.05) is 31.0 Å². The van der Waals surface area contributed by atoms with Crippen molar-refractivity contribution in [3.63, 3.8) is 0 Å². The summed E-state index contributed by atoms with van der Waals surface area (Å²) in [6.07, 6.45) is 6.06. The molecule has 1 saturated heterocycles. The van der Waals surface area contributed by atoms with Gasteiger partial charge in [0.2, 0.25) is 0 Å². The van der Waals surface area contributed by atoms with Crippen molar-refractivity contribution in [2.75, 3.05) is 27.2 Å². The van der Waals surface area contributed by atoms with Gasteiger partial charge in [-0.25, -0.2) is 0 Å². The van der Waals surface area contributed by atoms with E-state index < -0.39 is 0 Å². The predicted octanol–water partition coefficient (Wildman–Crippen LogP) is 3.30. The normalized spacial score (nSPS) is 22.0. The molecule has 0 saturated carbocycles. The maximum Gasteiger partial charge on any atom is 0.122 e. The van der Waals surface area contributed by atoms with Gasteiger partial charge >= 0.3 is 0 Å². The highest BCUT2D eigenvalue weighted by atomic mass is 16.5. The van der Waals surface area contributed by atoms with Crippen molar-refractivity contribution in [3.05, 3.63) is 59.9 Å². The molecule has 0 radical (unpaired) electrons. The number of aromatic nitrogens is 1. The molecule has 3 atom stereocenters. The lowest BCUT2D eigenvalue weighted by molar-refractivity contribution is 0.268. The Hall–Kier alpha value is -1.91. The predicted molar refractivity (Wildman–Crippen MR) is 102 cm³/mol. The first-order valence-corrected chi connectivity index (χ1v) is 9.14. The molecule has 2 aromatic rings. The highest BCUT2D eigenvalue weighted by Crippen LogP contribution is 2.35. The second-order valence-corrected chi connectivity index (χ2v) is 7.09. The maximum absolute atomic E-state index is 5.47. The van der Waals surface area contributed by atoms with E-state index >= 15 is 0 Å². The Morgan fingerprint density at radius 2 is 2.12 bits per heavy atom. The van der Waals surface area contributed by atoms with E-state index in [1.165, 1.54) is 17.5 Å². The molecule has 3 rings (SSSR count). The monoisotopic (exact) mass is 339 g/mol. The van der Waals surface area contributed by atoms with Crippen molar-refractivity contribution in [2.24, 2.45) is 5.92 Å². The third-order valence-electron chi connectivity index (χ3n) is 5.25. The molecule has 1 aliphatic heterocycles. The van der Waals surface area contributed by atoms with Gasteiger partial charge < -0.3 is 10.1 Å². The van der Waals surface area contributed by atoms with E-state index in [0.717, 1.165) is 25.3 Å². The van der Waals surface area contributed by atoms with Gasteiger partial charge in [-0.1, -0.05) is 24.3 Å². The maximum atomic E-state index is 5.47. The topological polar surface area (TPSA) is 37.4 Å². The minimum Gasteiger partial charge on any atom is -0.496 e. The molecule has 134 valence electrons. The largest absolute Gasteiger partial charge is 0.496 e. The van der Waals surface area contributed by atoms with Gasteiger partial charge in [-0.3, -0.25) is 9.88 Å². The smallest absolute Gasteiger partial charge is 0.122 e. The highest BCUT2D eigenvalue weighted by Gasteiger charge is 2.32. The molecule has 1 N–H and O–H groups in total. The van der Waals surface area contributed by atoms with Gasteiger partial charge in [0.15, 0.2) is 0 Å². The van der Waals surface area contributed by atoms with Crippen molar-refractivity contribution in [2.45, 2.75) is 31.8 Å². The Balaban J connectivity index is 1.58. The van der Waals surface area contributed by atoms with Crippen molar-refractivity contribution < 1.29 is 4.74 Å². The number of hydrogen-bond acceptors (Lipinski definition) is 4. The lowest BCUT2D eigenvalue weighted by atomic mass is 9.94. The first kappa shape index (κ1) is 17.9. The molecular weight excluding hydrogens is 310 g/mol.